The average molecular weight is 273 g/mol. The van der Waals surface area contributed by atoms with Gasteiger partial charge in [-0.2, -0.15) is 0 Å². The highest BCUT2D eigenvalue weighted by Crippen LogP contribution is 2.45. The number of hydrogen-bond acceptors (Lipinski definition) is 3. The van der Waals surface area contributed by atoms with Crippen molar-refractivity contribution >= 4 is 0 Å². The maximum absolute atomic E-state index is 3.69. The standard InChI is InChI=1S/C17H27N3/c1-3-20(2)17(15-7-5-4-6-8-15)11-9-16(10-12-17)13-18-14-19-16/h4-8,18-19H,3,9-14H2,1-2H3. The number of nitrogens with zero attached hydrogens (tertiary/aromatic N) is 1. The molecule has 1 spiro atoms. The Morgan fingerprint density at radius 2 is 1.80 bits per heavy atom. The van der Waals surface area contributed by atoms with Crippen LogP contribution in [0, 0.1) is 0 Å². The van der Waals surface area contributed by atoms with Crippen LogP contribution in [0.1, 0.15) is 38.2 Å². The monoisotopic (exact) mass is 273 g/mol. The Hall–Kier alpha value is -0.900. The zero-order valence-corrected chi connectivity index (χ0v) is 12.8. The fraction of sp³-hybridized carbons (Fsp3) is 0.647. The van der Waals surface area contributed by atoms with E-state index in [2.05, 4.69) is 59.8 Å². The van der Waals surface area contributed by atoms with Crippen LogP contribution in [0.5, 0.6) is 0 Å². The molecule has 0 atom stereocenters. The first kappa shape index (κ1) is 14.1. The van der Waals surface area contributed by atoms with Crippen LogP contribution in [0.4, 0.5) is 0 Å². The van der Waals surface area contributed by atoms with Gasteiger partial charge >= 0.3 is 0 Å². The van der Waals surface area contributed by atoms with Gasteiger partial charge in [-0.3, -0.25) is 10.2 Å². The molecule has 0 amide bonds. The van der Waals surface area contributed by atoms with E-state index in [1.165, 1.54) is 31.2 Å². The molecule has 0 aromatic heterocycles. The van der Waals surface area contributed by atoms with Crippen LogP contribution in [0.25, 0.3) is 0 Å². The van der Waals surface area contributed by atoms with Gasteiger partial charge < -0.3 is 5.32 Å². The molecule has 3 rings (SSSR count). The molecule has 3 heteroatoms. The molecule has 0 radical (unpaired) electrons. The Bertz CT molecular complexity index is 427. The highest BCUT2D eigenvalue weighted by Gasteiger charge is 2.46. The molecule has 2 aliphatic rings. The van der Waals surface area contributed by atoms with Gasteiger partial charge in [-0.1, -0.05) is 37.3 Å². The van der Waals surface area contributed by atoms with E-state index < -0.39 is 0 Å². The molecule has 0 unspecified atom stereocenters. The summed E-state index contributed by atoms with van der Waals surface area (Å²) in [5.41, 5.74) is 2.07. The lowest BCUT2D eigenvalue weighted by molar-refractivity contribution is 0.0482. The van der Waals surface area contributed by atoms with E-state index in [-0.39, 0.29) is 5.54 Å². The van der Waals surface area contributed by atoms with Crippen molar-refractivity contribution in [2.45, 2.75) is 43.7 Å². The van der Waals surface area contributed by atoms with Gasteiger partial charge in [-0.05, 0) is 44.8 Å². The Balaban J connectivity index is 1.86. The molecule has 20 heavy (non-hydrogen) atoms. The highest BCUT2D eigenvalue weighted by atomic mass is 15.2. The van der Waals surface area contributed by atoms with E-state index in [1.807, 2.05) is 0 Å². The lowest BCUT2D eigenvalue weighted by atomic mass is 9.68. The summed E-state index contributed by atoms with van der Waals surface area (Å²) in [6, 6.07) is 11.1. The second-order valence-corrected chi connectivity index (χ2v) is 6.47. The molecule has 1 aromatic carbocycles. The molecule has 1 aliphatic carbocycles. The summed E-state index contributed by atoms with van der Waals surface area (Å²) in [6.45, 7) is 5.48. The maximum atomic E-state index is 3.69. The topological polar surface area (TPSA) is 27.3 Å². The van der Waals surface area contributed by atoms with Gasteiger partial charge in [0.05, 0.1) is 0 Å². The van der Waals surface area contributed by atoms with Crippen molar-refractivity contribution in [3.63, 3.8) is 0 Å². The van der Waals surface area contributed by atoms with E-state index in [1.54, 1.807) is 0 Å². The minimum absolute atomic E-state index is 0.228. The van der Waals surface area contributed by atoms with Gasteiger partial charge in [0, 0.05) is 24.3 Å². The van der Waals surface area contributed by atoms with Crippen LogP contribution in [0.15, 0.2) is 30.3 Å². The van der Waals surface area contributed by atoms with Crippen molar-refractivity contribution in [3.05, 3.63) is 35.9 Å². The first-order valence-corrected chi connectivity index (χ1v) is 7.93. The van der Waals surface area contributed by atoms with Crippen LogP contribution in [-0.4, -0.2) is 37.2 Å². The van der Waals surface area contributed by atoms with Gasteiger partial charge in [0.1, 0.15) is 0 Å². The van der Waals surface area contributed by atoms with Gasteiger partial charge in [-0.25, -0.2) is 0 Å². The second kappa shape index (κ2) is 5.47. The third-order valence-electron chi connectivity index (χ3n) is 5.60. The molecule has 0 bridgehead atoms. The minimum atomic E-state index is 0.228. The number of benzene rings is 1. The molecule has 1 saturated heterocycles. The molecule has 2 fully saturated rings. The highest BCUT2D eigenvalue weighted by molar-refractivity contribution is 5.26. The maximum Gasteiger partial charge on any atom is 0.0459 e. The summed E-state index contributed by atoms with van der Waals surface area (Å²) in [7, 11) is 2.28. The number of nitrogens with one attached hydrogen (secondary N) is 2. The summed E-state index contributed by atoms with van der Waals surface area (Å²) in [5.74, 6) is 0. The summed E-state index contributed by atoms with van der Waals surface area (Å²) in [6.07, 6.45) is 5.02. The largest absolute Gasteiger partial charge is 0.303 e. The first-order valence-electron chi connectivity index (χ1n) is 7.93. The van der Waals surface area contributed by atoms with E-state index in [9.17, 15) is 0 Å². The van der Waals surface area contributed by atoms with Crippen LogP contribution < -0.4 is 10.6 Å². The summed E-state index contributed by atoms with van der Waals surface area (Å²) >= 11 is 0. The molecular formula is C17H27N3. The Kier molecular flexibility index (Phi) is 3.85. The fourth-order valence-electron chi connectivity index (χ4n) is 4.05. The van der Waals surface area contributed by atoms with E-state index in [0.717, 1.165) is 19.8 Å². The Labute approximate surface area is 122 Å². The fourth-order valence-corrected chi connectivity index (χ4v) is 4.05. The molecular weight excluding hydrogens is 246 g/mol. The number of hydrogen-bond donors (Lipinski definition) is 2. The summed E-state index contributed by atoms with van der Waals surface area (Å²) < 4.78 is 0. The van der Waals surface area contributed by atoms with Crippen LogP contribution in [-0.2, 0) is 5.54 Å². The minimum Gasteiger partial charge on any atom is -0.303 e. The summed E-state index contributed by atoms with van der Waals surface area (Å²) in [5, 5.41) is 7.16. The third-order valence-corrected chi connectivity index (χ3v) is 5.60. The van der Waals surface area contributed by atoms with Crippen molar-refractivity contribution in [2.75, 3.05) is 26.8 Å². The lowest BCUT2D eigenvalue weighted by Crippen LogP contribution is -2.54. The number of rotatable bonds is 3. The average Bonchev–Trinajstić information content (AvgIpc) is 2.97. The van der Waals surface area contributed by atoms with Crippen molar-refractivity contribution in [1.82, 2.24) is 15.5 Å². The van der Waals surface area contributed by atoms with Crippen LogP contribution >= 0.6 is 0 Å². The first-order chi connectivity index (χ1) is 9.71. The molecule has 1 saturated carbocycles. The van der Waals surface area contributed by atoms with Gasteiger partial charge in [0.2, 0.25) is 0 Å². The molecule has 110 valence electrons. The van der Waals surface area contributed by atoms with E-state index in [4.69, 9.17) is 0 Å². The second-order valence-electron chi connectivity index (χ2n) is 6.47. The van der Waals surface area contributed by atoms with Crippen LogP contribution in [0.3, 0.4) is 0 Å². The SMILES string of the molecule is CCN(C)C1(c2ccccc2)CCC2(CC1)CNCN2. The predicted octanol–water partition coefficient (Wildman–Crippen LogP) is 2.30. The predicted molar refractivity (Wildman–Crippen MR) is 83.6 cm³/mol. The molecule has 1 aromatic rings. The van der Waals surface area contributed by atoms with Gasteiger partial charge in [0.25, 0.3) is 0 Å². The van der Waals surface area contributed by atoms with Crippen molar-refractivity contribution in [3.8, 4) is 0 Å². The van der Waals surface area contributed by atoms with E-state index >= 15 is 0 Å². The lowest BCUT2D eigenvalue weighted by Gasteiger charge is -2.50. The molecule has 3 nitrogen and oxygen atoms in total. The zero-order chi connectivity index (χ0) is 14.1. The quantitative estimate of drug-likeness (QED) is 0.885. The van der Waals surface area contributed by atoms with E-state index in [0.29, 0.717) is 5.54 Å². The van der Waals surface area contributed by atoms with Crippen molar-refractivity contribution < 1.29 is 0 Å². The van der Waals surface area contributed by atoms with Crippen LogP contribution in [0.2, 0.25) is 0 Å². The zero-order valence-electron chi connectivity index (χ0n) is 12.8. The summed E-state index contributed by atoms with van der Waals surface area (Å²) in [4.78, 5) is 2.55. The third kappa shape index (κ3) is 2.28. The van der Waals surface area contributed by atoms with Gasteiger partial charge in [0.15, 0.2) is 0 Å². The van der Waals surface area contributed by atoms with Crippen molar-refractivity contribution in [1.29, 1.82) is 0 Å². The van der Waals surface area contributed by atoms with Crippen molar-refractivity contribution in [2.24, 2.45) is 0 Å². The smallest absolute Gasteiger partial charge is 0.0459 e. The Morgan fingerprint density at radius 3 is 2.35 bits per heavy atom. The molecule has 1 heterocycles. The normalized spacial score (nSPS) is 34.0. The van der Waals surface area contributed by atoms with Gasteiger partial charge in [-0.15, -0.1) is 0 Å². The Morgan fingerprint density at radius 1 is 1.10 bits per heavy atom. The molecule has 2 N–H and O–H groups in total. The molecule has 1 aliphatic heterocycles.